The molecule has 2 unspecified atom stereocenters. The molecular formula is C18H26O3. The van der Waals surface area contributed by atoms with Gasteiger partial charge < -0.3 is 0 Å². The van der Waals surface area contributed by atoms with Crippen LogP contribution in [0.3, 0.4) is 0 Å². The number of carbonyl (C=O) groups is 1. The molecule has 1 aliphatic rings. The van der Waals surface area contributed by atoms with Gasteiger partial charge >= 0.3 is 5.97 Å². The monoisotopic (exact) mass is 290 g/mol. The number of benzene rings is 1. The molecule has 1 aromatic rings. The van der Waals surface area contributed by atoms with Crippen LogP contribution < -0.4 is 0 Å². The Morgan fingerprint density at radius 3 is 2.48 bits per heavy atom. The molecule has 0 amide bonds. The highest BCUT2D eigenvalue weighted by Crippen LogP contribution is 2.39. The van der Waals surface area contributed by atoms with Crippen LogP contribution in [0.5, 0.6) is 0 Å². The summed E-state index contributed by atoms with van der Waals surface area (Å²) in [5, 5.41) is 0. The van der Waals surface area contributed by atoms with Crippen molar-refractivity contribution in [2.45, 2.75) is 59.5 Å². The minimum atomic E-state index is -0.397. The summed E-state index contributed by atoms with van der Waals surface area (Å²) >= 11 is 0. The van der Waals surface area contributed by atoms with Gasteiger partial charge in [-0.25, -0.2) is 4.79 Å². The van der Waals surface area contributed by atoms with Crippen LogP contribution in [0, 0.1) is 18.3 Å². The minimum absolute atomic E-state index is 0.00622. The Hall–Kier alpha value is -1.35. The van der Waals surface area contributed by atoms with Crippen molar-refractivity contribution >= 4 is 5.97 Å². The van der Waals surface area contributed by atoms with Crippen LogP contribution in [0.4, 0.5) is 0 Å². The first-order chi connectivity index (χ1) is 9.89. The van der Waals surface area contributed by atoms with E-state index in [1.807, 2.05) is 25.1 Å². The number of aryl methyl sites for hydroxylation is 1. The van der Waals surface area contributed by atoms with Gasteiger partial charge in [0.25, 0.3) is 0 Å². The molecule has 0 N–H and O–H groups in total. The summed E-state index contributed by atoms with van der Waals surface area (Å²) in [4.78, 5) is 22.8. The molecular weight excluding hydrogens is 264 g/mol. The zero-order chi connectivity index (χ0) is 15.5. The third-order valence-electron chi connectivity index (χ3n) is 4.43. The minimum Gasteiger partial charge on any atom is -0.293 e. The second-order valence-corrected chi connectivity index (χ2v) is 7.08. The molecule has 1 aromatic carbocycles. The fourth-order valence-corrected chi connectivity index (χ4v) is 3.16. The summed E-state index contributed by atoms with van der Waals surface area (Å²) in [6.45, 7) is 8.57. The molecule has 21 heavy (non-hydrogen) atoms. The Morgan fingerprint density at radius 1 is 1.14 bits per heavy atom. The van der Waals surface area contributed by atoms with E-state index in [1.165, 1.54) is 6.42 Å². The zero-order valence-corrected chi connectivity index (χ0v) is 13.5. The van der Waals surface area contributed by atoms with E-state index in [-0.39, 0.29) is 11.5 Å². The Morgan fingerprint density at radius 2 is 1.81 bits per heavy atom. The molecule has 0 heterocycles. The van der Waals surface area contributed by atoms with Crippen LogP contribution >= 0.6 is 0 Å². The van der Waals surface area contributed by atoms with Crippen LogP contribution in [0.1, 0.15) is 62.4 Å². The van der Waals surface area contributed by atoms with Crippen LogP contribution in [0.15, 0.2) is 24.3 Å². The number of hydrogen-bond donors (Lipinski definition) is 0. The lowest BCUT2D eigenvalue weighted by molar-refractivity contribution is -0.297. The third kappa shape index (κ3) is 4.07. The topological polar surface area (TPSA) is 35.5 Å². The molecule has 3 nitrogen and oxygen atoms in total. The van der Waals surface area contributed by atoms with Gasteiger partial charge in [-0.3, -0.25) is 4.89 Å². The molecule has 0 spiro atoms. The average molecular weight is 290 g/mol. The fraction of sp³-hybridized carbons (Fsp3) is 0.611. The number of rotatable bonds is 3. The van der Waals surface area contributed by atoms with Crippen molar-refractivity contribution < 1.29 is 14.6 Å². The lowest BCUT2D eigenvalue weighted by Gasteiger charge is -2.38. The largest absolute Gasteiger partial charge is 0.373 e. The van der Waals surface area contributed by atoms with Gasteiger partial charge in [0.15, 0.2) is 0 Å². The highest BCUT2D eigenvalue weighted by Gasteiger charge is 2.36. The Balaban J connectivity index is 1.98. The van der Waals surface area contributed by atoms with Gasteiger partial charge in [0, 0.05) is 0 Å². The molecule has 0 aliphatic heterocycles. The van der Waals surface area contributed by atoms with Crippen molar-refractivity contribution in [3.63, 3.8) is 0 Å². The summed E-state index contributed by atoms with van der Waals surface area (Å²) in [5.74, 6) is 0.0299. The predicted octanol–water partition coefficient (Wildman–Crippen LogP) is 4.69. The Bertz CT molecular complexity index is 487. The van der Waals surface area contributed by atoms with E-state index >= 15 is 0 Å². The highest BCUT2D eigenvalue weighted by atomic mass is 17.2. The fourth-order valence-electron chi connectivity index (χ4n) is 3.16. The maximum Gasteiger partial charge on any atom is 0.373 e. The summed E-state index contributed by atoms with van der Waals surface area (Å²) in [5.41, 5.74) is 1.64. The normalized spacial score (nSPS) is 22.9. The average Bonchev–Trinajstić information content (AvgIpc) is 2.44. The molecule has 0 bridgehead atoms. The van der Waals surface area contributed by atoms with E-state index in [0.29, 0.717) is 11.5 Å². The van der Waals surface area contributed by atoms with Crippen molar-refractivity contribution in [2.24, 2.45) is 11.3 Å². The van der Waals surface area contributed by atoms with Gasteiger partial charge in [-0.15, -0.1) is 0 Å². The molecule has 2 atom stereocenters. The van der Waals surface area contributed by atoms with Crippen molar-refractivity contribution in [3.05, 3.63) is 35.4 Å². The van der Waals surface area contributed by atoms with E-state index in [0.717, 1.165) is 24.8 Å². The first kappa shape index (κ1) is 16.0. The van der Waals surface area contributed by atoms with Crippen molar-refractivity contribution in [1.29, 1.82) is 0 Å². The molecule has 1 fully saturated rings. The van der Waals surface area contributed by atoms with E-state index in [9.17, 15) is 4.79 Å². The van der Waals surface area contributed by atoms with Crippen LogP contribution in [-0.4, -0.2) is 12.1 Å². The van der Waals surface area contributed by atoms with Crippen LogP contribution in [-0.2, 0) is 9.78 Å². The molecule has 2 rings (SSSR count). The van der Waals surface area contributed by atoms with Crippen molar-refractivity contribution in [2.75, 3.05) is 0 Å². The molecule has 1 aliphatic carbocycles. The Labute approximate surface area is 127 Å². The molecule has 0 radical (unpaired) electrons. The van der Waals surface area contributed by atoms with E-state index < -0.39 is 5.97 Å². The summed E-state index contributed by atoms with van der Waals surface area (Å²) in [6.07, 6.45) is 4.47. The maximum absolute atomic E-state index is 12.1. The second kappa shape index (κ2) is 6.61. The van der Waals surface area contributed by atoms with Gasteiger partial charge in [0.05, 0.1) is 5.56 Å². The van der Waals surface area contributed by atoms with Gasteiger partial charge in [-0.2, -0.15) is 4.89 Å². The zero-order valence-electron chi connectivity index (χ0n) is 13.5. The number of carbonyl (C=O) groups excluding carboxylic acids is 1. The molecule has 3 heteroatoms. The van der Waals surface area contributed by atoms with E-state index in [1.54, 1.807) is 6.07 Å². The maximum atomic E-state index is 12.1. The lowest BCUT2D eigenvalue weighted by atomic mass is 9.71. The van der Waals surface area contributed by atoms with Crippen LogP contribution in [0.2, 0.25) is 0 Å². The van der Waals surface area contributed by atoms with Crippen LogP contribution in [0.25, 0.3) is 0 Å². The van der Waals surface area contributed by atoms with Crippen molar-refractivity contribution in [1.82, 2.24) is 0 Å². The molecule has 0 aromatic heterocycles. The van der Waals surface area contributed by atoms with Gasteiger partial charge in [-0.1, -0.05) is 51.8 Å². The number of hydrogen-bond acceptors (Lipinski definition) is 3. The van der Waals surface area contributed by atoms with Gasteiger partial charge in [0.1, 0.15) is 6.10 Å². The van der Waals surface area contributed by atoms with Gasteiger partial charge in [0.2, 0.25) is 0 Å². The SMILES string of the molecule is Cc1ccccc1C(=O)OOC1CCCCC1C(C)(C)C. The van der Waals surface area contributed by atoms with E-state index in [2.05, 4.69) is 20.8 Å². The molecule has 1 saturated carbocycles. The summed E-state index contributed by atoms with van der Waals surface area (Å²) in [7, 11) is 0. The summed E-state index contributed by atoms with van der Waals surface area (Å²) < 4.78 is 0. The smallest absolute Gasteiger partial charge is 0.293 e. The van der Waals surface area contributed by atoms with Crippen molar-refractivity contribution in [3.8, 4) is 0 Å². The quantitative estimate of drug-likeness (QED) is 0.598. The first-order valence-electron chi connectivity index (χ1n) is 7.83. The van der Waals surface area contributed by atoms with E-state index in [4.69, 9.17) is 9.78 Å². The third-order valence-corrected chi connectivity index (χ3v) is 4.43. The Kier molecular flexibility index (Phi) is 5.04. The van der Waals surface area contributed by atoms with Gasteiger partial charge in [-0.05, 0) is 42.7 Å². The molecule has 116 valence electrons. The molecule has 0 saturated heterocycles. The lowest BCUT2D eigenvalue weighted by Crippen LogP contribution is -2.37. The standard InChI is InChI=1S/C18H26O3/c1-13-9-5-6-10-14(13)17(19)21-20-16-12-8-7-11-15(16)18(2,3)4/h5-6,9-10,15-16H,7-8,11-12H2,1-4H3. The first-order valence-corrected chi connectivity index (χ1v) is 7.83. The predicted molar refractivity (Wildman–Crippen MR) is 82.9 cm³/mol. The summed E-state index contributed by atoms with van der Waals surface area (Å²) in [6, 6.07) is 7.41. The highest BCUT2D eigenvalue weighted by molar-refractivity contribution is 5.90. The second-order valence-electron chi connectivity index (χ2n) is 7.08.